The fourth-order valence-corrected chi connectivity index (χ4v) is 6.31. The van der Waals surface area contributed by atoms with Crippen molar-refractivity contribution in [1.82, 2.24) is 9.21 Å². The standard InChI is InChI=1S/C24H28N4O2S/c1-31(29,30)28-17-24(18-28)8-10-27(11-9-24)23-7-6-19(12-22(23)13-25)14-26-15-20-4-2-3-5-21(20)16-26/h2-7,12H,8-11,14-18H2,1H3. The van der Waals surface area contributed by atoms with Crippen LogP contribution in [-0.2, 0) is 29.7 Å². The number of nitriles is 1. The van der Waals surface area contributed by atoms with Gasteiger partial charge in [0.15, 0.2) is 0 Å². The van der Waals surface area contributed by atoms with Crippen LogP contribution in [0.15, 0.2) is 42.5 Å². The van der Waals surface area contributed by atoms with Crippen molar-refractivity contribution >= 4 is 15.7 Å². The molecule has 0 unspecified atom stereocenters. The Morgan fingerprint density at radius 1 is 1.03 bits per heavy atom. The third kappa shape index (κ3) is 3.96. The molecule has 3 aliphatic rings. The van der Waals surface area contributed by atoms with Gasteiger partial charge in [-0.15, -0.1) is 0 Å². The zero-order chi connectivity index (χ0) is 21.6. The Morgan fingerprint density at radius 3 is 2.26 bits per heavy atom. The van der Waals surface area contributed by atoms with Crippen molar-refractivity contribution in [3.8, 4) is 6.07 Å². The van der Waals surface area contributed by atoms with Crippen molar-refractivity contribution < 1.29 is 8.42 Å². The summed E-state index contributed by atoms with van der Waals surface area (Å²) in [6.45, 7) is 5.77. The number of anilines is 1. The first kappa shape index (κ1) is 20.5. The quantitative estimate of drug-likeness (QED) is 0.737. The SMILES string of the molecule is CS(=O)(=O)N1CC2(CCN(c3ccc(CN4Cc5ccccc5C4)cc3C#N)CC2)C1. The van der Waals surface area contributed by atoms with Gasteiger partial charge >= 0.3 is 0 Å². The summed E-state index contributed by atoms with van der Waals surface area (Å²) in [6, 6.07) is 17.3. The van der Waals surface area contributed by atoms with Crippen LogP contribution in [0.25, 0.3) is 0 Å². The molecular weight excluding hydrogens is 408 g/mol. The lowest BCUT2D eigenvalue weighted by molar-refractivity contribution is 0.0443. The largest absolute Gasteiger partial charge is 0.370 e. The van der Waals surface area contributed by atoms with Crippen molar-refractivity contribution in [2.24, 2.45) is 5.41 Å². The summed E-state index contributed by atoms with van der Waals surface area (Å²) in [5.74, 6) is 0. The molecule has 3 heterocycles. The zero-order valence-corrected chi connectivity index (χ0v) is 18.7. The smallest absolute Gasteiger partial charge is 0.211 e. The topological polar surface area (TPSA) is 67.7 Å². The van der Waals surface area contributed by atoms with E-state index in [-0.39, 0.29) is 5.41 Å². The van der Waals surface area contributed by atoms with Crippen LogP contribution in [-0.4, -0.2) is 50.1 Å². The molecule has 1 spiro atoms. The first-order valence-electron chi connectivity index (χ1n) is 10.9. The Labute approximate surface area is 184 Å². The molecule has 0 aromatic heterocycles. The molecule has 2 aromatic carbocycles. The van der Waals surface area contributed by atoms with Crippen LogP contribution in [0.1, 0.15) is 35.1 Å². The highest BCUT2D eigenvalue weighted by molar-refractivity contribution is 7.88. The molecule has 2 saturated heterocycles. The second-order valence-corrected chi connectivity index (χ2v) is 11.4. The van der Waals surface area contributed by atoms with Gasteiger partial charge in [-0.05, 0) is 41.7 Å². The number of sulfonamides is 1. The summed E-state index contributed by atoms with van der Waals surface area (Å²) < 4.78 is 25.0. The lowest BCUT2D eigenvalue weighted by atomic mass is 9.73. The number of rotatable bonds is 4. The molecule has 3 aliphatic heterocycles. The second-order valence-electron chi connectivity index (χ2n) is 9.40. The van der Waals surface area contributed by atoms with Crippen molar-refractivity contribution in [2.75, 3.05) is 37.3 Å². The van der Waals surface area contributed by atoms with Crippen molar-refractivity contribution in [2.45, 2.75) is 32.5 Å². The van der Waals surface area contributed by atoms with E-state index < -0.39 is 10.0 Å². The molecule has 2 fully saturated rings. The molecule has 0 atom stereocenters. The third-order valence-corrected chi connectivity index (χ3v) is 8.35. The number of hydrogen-bond acceptors (Lipinski definition) is 5. The van der Waals surface area contributed by atoms with E-state index in [1.54, 1.807) is 4.31 Å². The lowest BCUT2D eigenvalue weighted by Gasteiger charge is -2.53. The number of nitrogens with zero attached hydrogens (tertiary/aromatic N) is 4. The van der Waals surface area contributed by atoms with Crippen LogP contribution < -0.4 is 4.90 Å². The van der Waals surface area contributed by atoms with Gasteiger partial charge in [-0.1, -0.05) is 30.3 Å². The van der Waals surface area contributed by atoms with Crippen molar-refractivity contribution in [1.29, 1.82) is 5.26 Å². The molecule has 31 heavy (non-hydrogen) atoms. The minimum Gasteiger partial charge on any atom is -0.370 e. The maximum atomic E-state index is 11.7. The van der Waals surface area contributed by atoms with E-state index in [2.05, 4.69) is 52.3 Å². The Morgan fingerprint density at radius 2 is 1.68 bits per heavy atom. The normalized spacial score (nSPS) is 21.0. The highest BCUT2D eigenvalue weighted by atomic mass is 32.2. The van der Waals surface area contributed by atoms with Crippen LogP contribution in [0, 0.1) is 16.7 Å². The van der Waals surface area contributed by atoms with E-state index in [4.69, 9.17) is 0 Å². The van der Waals surface area contributed by atoms with E-state index in [9.17, 15) is 13.7 Å². The van der Waals surface area contributed by atoms with Crippen LogP contribution in [0.2, 0.25) is 0 Å². The Hall–Kier alpha value is -2.40. The van der Waals surface area contributed by atoms with Crippen LogP contribution in [0.5, 0.6) is 0 Å². The lowest BCUT2D eigenvalue weighted by Crippen LogP contribution is -2.61. The highest BCUT2D eigenvalue weighted by Crippen LogP contribution is 2.42. The average Bonchev–Trinajstić information content (AvgIpc) is 3.13. The van der Waals surface area contributed by atoms with Gasteiger partial charge in [-0.2, -0.15) is 5.26 Å². The van der Waals surface area contributed by atoms with Crippen molar-refractivity contribution in [3.05, 3.63) is 64.7 Å². The Balaban J connectivity index is 1.23. The maximum Gasteiger partial charge on any atom is 0.211 e. The average molecular weight is 437 g/mol. The highest BCUT2D eigenvalue weighted by Gasteiger charge is 2.48. The van der Waals surface area contributed by atoms with Gasteiger partial charge in [-0.3, -0.25) is 4.90 Å². The third-order valence-electron chi connectivity index (χ3n) is 7.15. The summed E-state index contributed by atoms with van der Waals surface area (Å²) in [5, 5.41) is 9.80. The fourth-order valence-electron chi connectivity index (χ4n) is 5.30. The van der Waals surface area contributed by atoms with Gasteiger partial charge in [0.05, 0.1) is 17.5 Å². The molecule has 0 N–H and O–H groups in total. The van der Waals surface area contributed by atoms with Gasteiger partial charge in [-0.25, -0.2) is 12.7 Å². The molecule has 0 radical (unpaired) electrons. The van der Waals surface area contributed by atoms with Gasteiger partial charge in [0, 0.05) is 51.2 Å². The summed E-state index contributed by atoms with van der Waals surface area (Å²) in [7, 11) is -3.08. The summed E-state index contributed by atoms with van der Waals surface area (Å²) in [4.78, 5) is 4.71. The zero-order valence-electron chi connectivity index (χ0n) is 17.9. The molecular formula is C24H28N4O2S. The Kier molecular flexibility index (Phi) is 5.04. The first-order valence-corrected chi connectivity index (χ1v) is 12.7. The maximum absolute atomic E-state index is 11.7. The molecule has 7 heteroatoms. The predicted molar refractivity (Wildman–Crippen MR) is 121 cm³/mol. The van der Waals surface area contributed by atoms with Crippen LogP contribution >= 0.6 is 0 Å². The number of benzene rings is 2. The van der Waals surface area contributed by atoms with Gasteiger partial charge in [0.25, 0.3) is 0 Å². The van der Waals surface area contributed by atoms with Gasteiger partial charge < -0.3 is 4.90 Å². The van der Waals surface area contributed by atoms with Crippen LogP contribution in [0.4, 0.5) is 5.69 Å². The Bertz CT molecular complexity index is 1110. The summed E-state index contributed by atoms with van der Waals surface area (Å²) in [5.41, 5.74) is 5.82. The molecule has 0 saturated carbocycles. The van der Waals surface area contributed by atoms with E-state index in [1.807, 2.05) is 6.07 Å². The number of fused-ring (bicyclic) bond motifs is 1. The minimum absolute atomic E-state index is 0.122. The van der Waals surface area contributed by atoms with E-state index in [0.717, 1.165) is 56.8 Å². The molecule has 0 bridgehead atoms. The molecule has 2 aromatic rings. The molecule has 6 nitrogen and oxygen atoms in total. The number of hydrogen-bond donors (Lipinski definition) is 0. The van der Waals surface area contributed by atoms with Crippen LogP contribution in [0.3, 0.4) is 0 Å². The fraction of sp³-hybridized carbons (Fsp3) is 0.458. The molecule has 0 amide bonds. The first-order chi connectivity index (χ1) is 14.9. The van der Waals surface area contributed by atoms with E-state index in [1.165, 1.54) is 22.9 Å². The van der Waals surface area contributed by atoms with Gasteiger partial charge in [0.2, 0.25) is 10.0 Å². The molecule has 162 valence electrons. The molecule has 5 rings (SSSR count). The minimum atomic E-state index is -3.08. The summed E-state index contributed by atoms with van der Waals surface area (Å²) in [6.07, 6.45) is 3.23. The molecule has 0 aliphatic carbocycles. The second kappa shape index (κ2) is 7.63. The van der Waals surface area contributed by atoms with E-state index in [0.29, 0.717) is 13.1 Å². The summed E-state index contributed by atoms with van der Waals surface area (Å²) >= 11 is 0. The monoisotopic (exact) mass is 436 g/mol. The van der Waals surface area contributed by atoms with Crippen molar-refractivity contribution in [3.63, 3.8) is 0 Å². The van der Waals surface area contributed by atoms with E-state index >= 15 is 0 Å². The predicted octanol–water partition coefficient (Wildman–Crippen LogP) is 2.94. The number of piperidine rings is 1. The van der Waals surface area contributed by atoms with Gasteiger partial charge in [0.1, 0.15) is 6.07 Å².